The van der Waals surface area contributed by atoms with Gasteiger partial charge in [0.05, 0.1) is 13.2 Å². The molecule has 2 aliphatic rings. The second-order valence-corrected chi connectivity index (χ2v) is 6.45. The van der Waals surface area contributed by atoms with Crippen LogP contribution in [0.1, 0.15) is 51.4 Å². The minimum absolute atomic E-state index is 0.196. The zero-order chi connectivity index (χ0) is 15.8. The molecule has 0 aromatic rings. The van der Waals surface area contributed by atoms with Crippen LogP contribution < -0.4 is 11.1 Å². The van der Waals surface area contributed by atoms with Crippen LogP contribution in [0, 0.1) is 5.92 Å². The molecular weight excluding hydrogens is 282 g/mol. The lowest BCUT2D eigenvalue weighted by Gasteiger charge is -2.30. The van der Waals surface area contributed by atoms with Gasteiger partial charge in [0.25, 0.3) is 0 Å². The van der Waals surface area contributed by atoms with Crippen LogP contribution in [0.4, 0.5) is 4.79 Å². The zero-order valence-electron chi connectivity index (χ0n) is 13.4. The van der Waals surface area contributed by atoms with E-state index in [1.54, 1.807) is 4.90 Å². The first-order valence-electron chi connectivity index (χ1n) is 8.59. The predicted octanol–water partition coefficient (Wildman–Crippen LogP) is 1.63. The maximum atomic E-state index is 12.2. The second-order valence-electron chi connectivity index (χ2n) is 6.45. The highest BCUT2D eigenvalue weighted by Gasteiger charge is 2.26. The third-order valence-electron chi connectivity index (χ3n) is 4.73. The van der Waals surface area contributed by atoms with Gasteiger partial charge in [-0.1, -0.05) is 44.9 Å². The summed E-state index contributed by atoms with van der Waals surface area (Å²) in [6, 6.07) is -0.752. The van der Waals surface area contributed by atoms with Gasteiger partial charge in [0.15, 0.2) is 0 Å². The van der Waals surface area contributed by atoms with Gasteiger partial charge >= 0.3 is 6.03 Å². The zero-order valence-corrected chi connectivity index (χ0v) is 13.4. The number of morpholine rings is 1. The number of nitrogens with zero attached hydrogens (tertiary/aromatic N) is 1. The second kappa shape index (κ2) is 8.98. The van der Waals surface area contributed by atoms with Crippen LogP contribution in [0.5, 0.6) is 0 Å². The van der Waals surface area contributed by atoms with Gasteiger partial charge in [-0.2, -0.15) is 0 Å². The van der Waals surface area contributed by atoms with E-state index in [0.29, 0.717) is 38.6 Å². The van der Waals surface area contributed by atoms with E-state index in [1.807, 2.05) is 0 Å². The maximum absolute atomic E-state index is 12.2. The molecule has 2 rings (SSSR count). The number of amides is 3. The van der Waals surface area contributed by atoms with Crippen molar-refractivity contribution in [2.24, 2.45) is 11.7 Å². The number of nitrogens with two attached hydrogens (primary N) is 1. The minimum atomic E-state index is -0.556. The molecule has 0 aromatic carbocycles. The van der Waals surface area contributed by atoms with Gasteiger partial charge in [-0.05, 0) is 12.3 Å². The quantitative estimate of drug-likeness (QED) is 0.827. The third kappa shape index (κ3) is 5.48. The van der Waals surface area contributed by atoms with Gasteiger partial charge in [-0.15, -0.1) is 0 Å². The number of hydrogen-bond acceptors (Lipinski definition) is 3. The summed E-state index contributed by atoms with van der Waals surface area (Å²) in [4.78, 5) is 25.6. The molecule has 0 unspecified atom stereocenters. The summed E-state index contributed by atoms with van der Waals surface area (Å²) < 4.78 is 5.24. The lowest BCUT2D eigenvalue weighted by atomic mass is 9.86. The monoisotopic (exact) mass is 311 g/mol. The fraction of sp³-hybridized carbons (Fsp3) is 0.875. The summed E-state index contributed by atoms with van der Waals surface area (Å²) in [5.41, 5.74) is 5.50. The molecule has 1 aliphatic carbocycles. The molecular formula is C16H29N3O3. The fourth-order valence-corrected chi connectivity index (χ4v) is 3.36. The highest BCUT2D eigenvalue weighted by atomic mass is 16.5. The first-order chi connectivity index (χ1) is 10.7. The number of carbonyl (C=O) groups excluding carboxylic acids is 2. The van der Waals surface area contributed by atoms with Crippen LogP contribution in [0.2, 0.25) is 0 Å². The Morgan fingerprint density at radius 1 is 1.09 bits per heavy atom. The van der Waals surface area contributed by atoms with E-state index < -0.39 is 11.9 Å². The summed E-state index contributed by atoms with van der Waals surface area (Å²) in [7, 11) is 0. The Morgan fingerprint density at radius 3 is 2.27 bits per heavy atom. The van der Waals surface area contributed by atoms with Crippen molar-refractivity contribution in [3.8, 4) is 0 Å². The van der Waals surface area contributed by atoms with Gasteiger partial charge in [0, 0.05) is 13.1 Å². The van der Waals surface area contributed by atoms with Crippen molar-refractivity contribution in [1.29, 1.82) is 0 Å². The molecule has 1 heterocycles. The van der Waals surface area contributed by atoms with Crippen molar-refractivity contribution >= 4 is 11.9 Å². The lowest BCUT2D eigenvalue weighted by Crippen LogP contribution is -2.53. The van der Waals surface area contributed by atoms with Crippen molar-refractivity contribution in [3.63, 3.8) is 0 Å². The Hall–Kier alpha value is -1.30. The Balaban J connectivity index is 1.85. The Labute approximate surface area is 132 Å². The molecule has 3 N–H and O–H groups in total. The standard InChI is InChI=1S/C16H29N3O3/c17-15(20)14(12-13-6-4-2-1-3-5-7-13)18-16(21)19-8-10-22-11-9-19/h13-14H,1-12H2,(H2,17,20)(H,18,21)/t14-/m0/s1. The highest BCUT2D eigenvalue weighted by molar-refractivity contribution is 5.85. The van der Waals surface area contributed by atoms with Crippen LogP contribution >= 0.6 is 0 Å². The molecule has 0 aromatic heterocycles. The normalized spacial score (nSPS) is 22.5. The molecule has 0 radical (unpaired) electrons. The van der Waals surface area contributed by atoms with Gasteiger partial charge in [-0.25, -0.2) is 4.79 Å². The molecule has 6 nitrogen and oxygen atoms in total. The molecule has 2 fully saturated rings. The minimum Gasteiger partial charge on any atom is -0.378 e. The number of carbonyl (C=O) groups is 2. The summed E-state index contributed by atoms with van der Waals surface area (Å²) >= 11 is 0. The van der Waals surface area contributed by atoms with E-state index in [0.717, 1.165) is 12.8 Å². The molecule has 1 saturated heterocycles. The largest absolute Gasteiger partial charge is 0.378 e. The van der Waals surface area contributed by atoms with Crippen molar-refractivity contribution < 1.29 is 14.3 Å². The number of hydrogen-bond donors (Lipinski definition) is 2. The van der Waals surface area contributed by atoms with Crippen LogP contribution in [-0.4, -0.2) is 49.2 Å². The Morgan fingerprint density at radius 2 is 1.68 bits per heavy atom. The van der Waals surface area contributed by atoms with Crippen molar-refractivity contribution in [2.45, 2.75) is 57.4 Å². The Bertz CT molecular complexity index is 362. The molecule has 3 amide bonds. The summed E-state index contributed by atoms with van der Waals surface area (Å²) in [5.74, 6) is 0.0615. The van der Waals surface area contributed by atoms with Crippen LogP contribution in [-0.2, 0) is 9.53 Å². The molecule has 0 bridgehead atoms. The van der Waals surface area contributed by atoms with E-state index in [9.17, 15) is 9.59 Å². The number of urea groups is 1. The van der Waals surface area contributed by atoms with Crippen molar-refractivity contribution in [3.05, 3.63) is 0 Å². The number of nitrogens with one attached hydrogen (secondary N) is 1. The first kappa shape index (κ1) is 17.1. The maximum Gasteiger partial charge on any atom is 0.318 e. The van der Waals surface area contributed by atoms with E-state index in [-0.39, 0.29) is 6.03 Å². The average Bonchev–Trinajstić information content (AvgIpc) is 2.49. The summed E-state index contributed by atoms with van der Waals surface area (Å²) in [5, 5.41) is 2.83. The smallest absolute Gasteiger partial charge is 0.318 e. The van der Waals surface area contributed by atoms with E-state index in [1.165, 1.54) is 32.1 Å². The lowest BCUT2D eigenvalue weighted by molar-refractivity contribution is -0.120. The van der Waals surface area contributed by atoms with Crippen LogP contribution in [0.25, 0.3) is 0 Å². The summed E-state index contributed by atoms with van der Waals surface area (Å²) in [6.45, 7) is 2.25. The predicted molar refractivity (Wildman–Crippen MR) is 84.3 cm³/mol. The van der Waals surface area contributed by atoms with Gasteiger partial charge in [0.2, 0.25) is 5.91 Å². The average molecular weight is 311 g/mol. The first-order valence-corrected chi connectivity index (χ1v) is 8.59. The van der Waals surface area contributed by atoms with Crippen molar-refractivity contribution in [2.75, 3.05) is 26.3 Å². The number of ether oxygens (including phenoxy) is 1. The van der Waals surface area contributed by atoms with E-state index in [2.05, 4.69) is 5.32 Å². The Kier molecular flexibility index (Phi) is 6.96. The van der Waals surface area contributed by atoms with Gasteiger partial charge in [0.1, 0.15) is 6.04 Å². The fourth-order valence-electron chi connectivity index (χ4n) is 3.36. The molecule has 6 heteroatoms. The molecule has 1 aliphatic heterocycles. The number of rotatable bonds is 4. The van der Waals surface area contributed by atoms with Crippen LogP contribution in [0.15, 0.2) is 0 Å². The summed E-state index contributed by atoms with van der Waals surface area (Å²) in [6.07, 6.45) is 9.25. The number of primary amides is 1. The molecule has 0 spiro atoms. The molecule has 126 valence electrons. The van der Waals surface area contributed by atoms with E-state index >= 15 is 0 Å². The van der Waals surface area contributed by atoms with Crippen molar-refractivity contribution in [1.82, 2.24) is 10.2 Å². The molecule has 1 atom stereocenters. The van der Waals surface area contributed by atoms with Crippen LogP contribution in [0.3, 0.4) is 0 Å². The SMILES string of the molecule is NC(=O)[C@H](CC1CCCCCCC1)NC(=O)N1CCOCC1. The topological polar surface area (TPSA) is 84.7 Å². The third-order valence-corrected chi connectivity index (χ3v) is 4.73. The highest BCUT2D eigenvalue weighted by Crippen LogP contribution is 2.25. The van der Waals surface area contributed by atoms with E-state index in [4.69, 9.17) is 10.5 Å². The van der Waals surface area contributed by atoms with Gasteiger partial charge < -0.3 is 20.7 Å². The van der Waals surface area contributed by atoms with Gasteiger partial charge in [-0.3, -0.25) is 4.79 Å². The molecule has 22 heavy (non-hydrogen) atoms. The molecule has 1 saturated carbocycles.